The van der Waals surface area contributed by atoms with E-state index in [1.54, 1.807) is 12.1 Å². The summed E-state index contributed by atoms with van der Waals surface area (Å²) in [4.78, 5) is 24.0. The van der Waals surface area contributed by atoms with E-state index in [0.29, 0.717) is 32.8 Å². The van der Waals surface area contributed by atoms with E-state index < -0.39 is 11.9 Å². The quantitative estimate of drug-likeness (QED) is 0.287. The Morgan fingerprint density at radius 3 is 2.50 bits per heavy atom. The second kappa shape index (κ2) is 10.7. The van der Waals surface area contributed by atoms with E-state index in [9.17, 15) is 14.9 Å². The number of terminal acetylenes is 1. The van der Waals surface area contributed by atoms with Gasteiger partial charge in [0.05, 0.1) is 24.3 Å². The molecule has 0 fully saturated rings. The number of benzene rings is 2. The molecule has 0 aromatic heterocycles. The van der Waals surface area contributed by atoms with Crippen molar-refractivity contribution in [2.24, 2.45) is 0 Å². The smallest absolute Gasteiger partial charge is 0.337 e. The van der Waals surface area contributed by atoms with Crippen LogP contribution in [-0.4, -0.2) is 32.7 Å². The molecule has 0 aliphatic heterocycles. The monoisotopic (exact) mass is 468 g/mol. The third kappa shape index (κ3) is 5.63. The number of esters is 1. The topological polar surface area (TPSA) is 97.7 Å². The van der Waals surface area contributed by atoms with E-state index in [1.165, 1.54) is 44.6 Å². The lowest BCUT2D eigenvalue weighted by molar-refractivity contribution is -0.112. The van der Waals surface area contributed by atoms with Gasteiger partial charge in [0, 0.05) is 5.69 Å². The SMILES string of the molecule is C#CCOc1c(Br)cc(/C=C(\C#N)C(=O)Nc2ccc(C(=O)OC)cc2)cc1OC. The zero-order chi connectivity index (χ0) is 22.1. The number of nitriles is 1. The minimum atomic E-state index is -0.605. The van der Waals surface area contributed by atoms with Crippen LogP contribution >= 0.6 is 15.9 Å². The zero-order valence-corrected chi connectivity index (χ0v) is 17.8. The largest absolute Gasteiger partial charge is 0.493 e. The maximum atomic E-state index is 12.5. The number of halogens is 1. The molecule has 1 N–H and O–H groups in total. The summed E-state index contributed by atoms with van der Waals surface area (Å²) >= 11 is 3.37. The first-order chi connectivity index (χ1) is 14.4. The Morgan fingerprint density at radius 1 is 1.23 bits per heavy atom. The Labute approximate surface area is 182 Å². The van der Waals surface area contributed by atoms with Crippen LogP contribution in [0.15, 0.2) is 46.4 Å². The molecule has 0 aliphatic rings. The summed E-state index contributed by atoms with van der Waals surface area (Å²) in [6.45, 7) is 0.0603. The van der Waals surface area contributed by atoms with Crippen molar-refractivity contribution >= 4 is 39.6 Å². The van der Waals surface area contributed by atoms with Crippen molar-refractivity contribution < 1.29 is 23.8 Å². The summed E-state index contributed by atoms with van der Waals surface area (Å²) in [5, 5.41) is 12.0. The Kier molecular flexibility index (Phi) is 8.04. The number of carbonyl (C=O) groups is 2. The molecule has 8 heteroatoms. The molecule has 0 saturated heterocycles. The normalized spacial score (nSPS) is 10.4. The molecule has 0 atom stereocenters. The van der Waals surface area contributed by atoms with Gasteiger partial charge in [-0.05, 0) is 64.0 Å². The number of ether oxygens (including phenoxy) is 3. The number of amides is 1. The summed E-state index contributed by atoms with van der Waals surface area (Å²) in [5.74, 6) is 2.09. The highest BCUT2D eigenvalue weighted by atomic mass is 79.9. The molecule has 0 radical (unpaired) electrons. The van der Waals surface area contributed by atoms with Gasteiger partial charge in [-0.3, -0.25) is 4.79 Å². The lowest BCUT2D eigenvalue weighted by Gasteiger charge is -2.12. The first-order valence-electron chi connectivity index (χ1n) is 8.48. The number of hydrogen-bond acceptors (Lipinski definition) is 6. The Bertz CT molecular complexity index is 1060. The van der Waals surface area contributed by atoms with Crippen LogP contribution in [-0.2, 0) is 9.53 Å². The molecular weight excluding hydrogens is 452 g/mol. The van der Waals surface area contributed by atoms with Crippen molar-refractivity contribution in [3.63, 3.8) is 0 Å². The van der Waals surface area contributed by atoms with E-state index in [1.807, 2.05) is 6.07 Å². The molecule has 0 unspecified atom stereocenters. The predicted molar refractivity (Wildman–Crippen MR) is 115 cm³/mol. The van der Waals surface area contributed by atoms with E-state index in [-0.39, 0.29) is 12.2 Å². The van der Waals surface area contributed by atoms with Gasteiger partial charge < -0.3 is 19.5 Å². The Hall–Kier alpha value is -3.75. The second-order valence-corrected chi connectivity index (χ2v) is 6.57. The molecule has 1 amide bonds. The van der Waals surface area contributed by atoms with Crippen LogP contribution < -0.4 is 14.8 Å². The molecular formula is C22H17BrN2O5. The van der Waals surface area contributed by atoms with Gasteiger partial charge in [0.25, 0.3) is 5.91 Å². The zero-order valence-electron chi connectivity index (χ0n) is 16.2. The fourth-order valence-corrected chi connectivity index (χ4v) is 2.97. The number of hydrogen-bond donors (Lipinski definition) is 1. The van der Waals surface area contributed by atoms with Crippen molar-refractivity contribution in [3.05, 3.63) is 57.6 Å². The molecule has 0 spiro atoms. The third-order valence-electron chi connectivity index (χ3n) is 3.79. The van der Waals surface area contributed by atoms with Crippen LogP contribution in [0.5, 0.6) is 11.5 Å². The number of carbonyl (C=O) groups excluding carboxylic acids is 2. The highest BCUT2D eigenvalue weighted by Crippen LogP contribution is 2.37. The average Bonchev–Trinajstić information content (AvgIpc) is 2.76. The minimum absolute atomic E-state index is 0.0603. The fraction of sp³-hybridized carbons (Fsp3) is 0.136. The second-order valence-electron chi connectivity index (χ2n) is 5.72. The summed E-state index contributed by atoms with van der Waals surface area (Å²) < 4.78 is 15.9. The van der Waals surface area contributed by atoms with Gasteiger partial charge in [-0.1, -0.05) is 5.92 Å². The van der Waals surface area contributed by atoms with Crippen LogP contribution in [0.1, 0.15) is 15.9 Å². The highest BCUT2D eigenvalue weighted by molar-refractivity contribution is 9.10. The van der Waals surface area contributed by atoms with Crippen LogP contribution in [0.2, 0.25) is 0 Å². The van der Waals surface area contributed by atoms with Gasteiger partial charge >= 0.3 is 5.97 Å². The number of nitrogens with zero attached hydrogens (tertiary/aromatic N) is 1. The van der Waals surface area contributed by atoms with Crippen molar-refractivity contribution in [2.75, 3.05) is 26.1 Å². The number of rotatable bonds is 7. The molecule has 0 heterocycles. The number of nitrogens with one attached hydrogen (secondary N) is 1. The highest BCUT2D eigenvalue weighted by Gasteiger charge is 2.14. The maximum Gasteiger partial charge on any atom is 0.337 e. The lowest BCUT2D eigenvalue weighted by atomic mass is 10.1. The first-order valence-corrected chi connectivity index (χ1v) is 9.28. The summed E-state index contributed by atoms with van der Waals surface area (Å²) in [7, 11) is 2.75. The number of anilines is 1. The summed E-state index contributed by atoms with van der Waals surface area (Å²) in [6.07, 6.45) is 6.63. The van der Waals surface area contributed by atoms with E-state index in [0.717, 1.165) is 0 Å². The standard InChI is InChI=1S/C22H17BrN2O5/c1-4-9-30-20-18(23)11-14(12-19(20)28-2)10-16(13-24)21(26)25-17-7-5-15(6-8-17)22(27)29-3/h1,5-8,10-12H,9H2,2-3H3,(H,25,26)/b16-10+. The van der Waals surface area contributed by atoms with Gasteiger partial charge in [0.2, 0.25) is 0 Å². The van der Waals surface area contributed by atoms with Crippen molar-refractivity contribution in [2.45, 2.75) is 0 Å². The van der Waals surface area contributed by atoms with Crippen molar-refractivity contribution in [3.8, 4) is 29.9 Å². The molecule has 152 valence electrons. The van der Waals surface area contributed by atoms with E-state index in [2.05, 4.69) is 31.9 Å². The van der Waals surface area contributed by atoms with Gasteiger partial charge in [-0.15, -0.1) is 6.42 Å². The summed E-state index contributed by atoms with van der Waals surface area (Å²) in [6, 6.07) is 11.3. The van der Waals surface area contributed by atoms with Crippen LogP contribution in [0, 0.1) is 23.7 Å². The lowest BCUT2D eigenvalue weighted by Crippen LogP contribution is -2.13. The van der Waals surface area contributed by atoms with E-state index >= 15 is 0 Å². The van der Waals surface area contributed by atoms with Gasteiger partial charge in [0.1, 0.15) is 18.2 Å². The Morgan fingerprint density at radius 2 is 1.93 bits per heavy atom. The number of methoxy groups -OCH3 is 2. The van der Waals surface area contributed by atoms with Gasteiger partial charge in [-0.25, -0.2) is 4.79 Å². The van der Waals surface area contributed by atoms with Crippen LogP contribution in [0.4, 0.5) is 5.69 Å². The van der Waals surface area contributed by atoms with Gasteiger partial charge in [-0.2, -0.15) is 5.26 Å². The molecule has 0 aliphatic carbocycles. The average molecular weight is 469 g/mol. The van der Waals surface area contributed by atoms with Crippen molar-refractivity contribution in [1.82, 2.24) is 0 Å². The van der Waals surface area contributed by atoms with Crippen LogP contribution in [0.25, 0.3) is 6.08 Å². The van der Waals surface area contributed by atoms with Crippen LogP contribution in [0.3, 0.4) is 0 Å². The third-order valence-corrected chi connectivity index (χ3v) is 4.38. The molecule has 0 saturated carbocycles. The van der Waals surface area contributed by atoms with E-state index in [4.69, 9.17) is 15.9 Å². The molecule has 2 rings (SSSR count). The Balaban J connectivity index is 2.25. The van der Waals surface area contributed by atoms with Crippen molar-refractivity contribution in [1.29, 1.82) is 5.26 Å². The molecule has 7 nitrogen and oxygen atoms in total. The first kappa shape index (κ1) is 22.5. The fourth-order valence-electron chi connectivity index (χ4n) is 2.40. The molecule has 2 aromatic carbocycles. The van der Waals surface area contributed by atoms with Gasteiger partial charge in [0.15, 0.2) is 11.5 Å². The predicted octanol–water partition coefficient (Wildman–Crippen LogP) is 3.80. The minimum Gasteiger partial charge on any atom is -0.493 e. The molecule has 2 aromatic rings. The molecule has 0 bridgehead atoms. The molecule has 30 heavy (non-hydrogen) atoms. The maximum absolute atomic E-state index is 12.5. The summed E-state index contributed by atoms with van der Waals surface area (Å²) in [5.41, 5.74) is 1.18.